The summed E-state index contributed by atoms with van der Waals surface area (Å²) in [6, 6.07) is 9.14. The van der Waals surface area contributed by atoms with Crippen LogP contribution in [0.5, 0.6) is 5.75 Å². The number of carbonyl (C=O) groups excluding carboxylic acids is 1. The molecule has 24 heavy (non-hydrogen) atoms. The van der Waals surface area contributed by atoms with E-state index in [1.807, 2.05) is 24.4 Å². The van der Waals surface area contributed by atoms with Crippen LogP contribution < -0.4 is 0 Å². The third-order valence-corrected chi connectivity index (χ3v) is 4.85. The first-order valence-corrected chi connectivity index (χ1v) is 8.93. The van der Waals surface area contributed by atoms with Crippen molar-refractivity contribution >= 4 is 5.78 Å². The number of hydrogen-bond donors (Lipinski definition) is 1. The van der Waals surface area contributed by atoms with Crippen LogP contribution in [0.1, 0.15) is 43.0 Å². The van der Waals surface area contributed by atoms with Crippen molar-refractivity contribution in [3.63, 3.8) is 0 Å². The Morgan fingerprint density at radius 3 is 2.71 bits per heavy atom. The van der Waals surface area contributed by atoms with Gasteiger partial charge in [0, 0.05) is 42.5 Å². The van der Waals surface area contributed by atoms with Gasteiger partial charge in [0.2, 0.25) is 0 Å². The summed E-state index contributed by atoms with van der Waals surface area (Å²) in [6.07, 6.45) is 6.29. The van der Waals surface area contributed by atoms with Gasteiger partial charge in [-0.1, -0.05) is 6.42 Å². The van der Waals surface area contributed by atoms with E-state index in [1.165, 1.54) is 19.3 Å². The standard InChI is InChI=1S/C20H26N2O2/c1-2-22-13-6-7-19(22)17-9-8-16(23)15-18(17)20(24)10-14-21-11-4-3-5-12-21/h6-9,13,15,23H,2-5,10-12,14H2,1H3. The molecule has 0 radical (unpaired) electrons. The molecule has 4 heteroatoms. The molecule has 1 aromatic carbocycles. The second kappa shape index (κ2) is 7.67. The predicted molar refractivity (Wildman–Crippen MR) is 96.4 cm³/mol. The van der Waals surface area contributed by atoms with Gasteiger partial charge in [0.25, 0.3) is 0 Å². The maximum atomic E-state index is 12.8. The average Bonchev–Trinajstić information content (AvgIpc) is 3.09. The zero-order chi connectivity index (χ0) is 16.9. The fraction of sp³-hybridized carbons (Fsp3) is 0.450. The Hall–Kier alpha value is -2.07. The van der Waals surface area contributed by atoms with Gasteiger partial charge in [-0.3, -0.25) is 4.79 Å². The van der Waals surface area contributed by atoms with E-state index in [-0.39, 0.29) is 11.5 Å². The molecule has 1 aliphatic heterocycles. The topological polar surface area (TPSA) is 45.5 Å². The van der Waals surface area contributed by atoms with Crippen LogP contribution in [0, 0.1) is 0 Å². The van der Waals surface area contributed by atoms with Crippen molar-refractivity contribution in [2.75, 3.05) is 19.6 Å². The number of nitrogens with zero attached hydrogens (tertiary/aromatic N) is 2. The number of piperidine rings is 1. The molecule has 1 saturated heterocycles. The van der Waals surface area contributed by atoms with Crippen LogP contribution in [-0.4, -0.2) is 40.0 Å². The smallest absolute Gasteiger partial charge is 0.164 e. The fourth-order valence-electron chi connectivity index (χ4n) is 3.50. The second-order valence-corrected chi connectivity index (χ2v) is 6.48. The van der Waals surface area contributed by atoms with E-state index in [0.29, 0.717) is 12.0 Å². The van der Waals surface area contributed by atoms with E-state index in [4.69, 9.17) is 0 Å². The van der Waals surface area contributed by atoms with Crippen LogP contribution in [0.4, 0.5) is 0 Å². The maximum absolute atomic E-state index is 12.8. The summed E-state index contributed by atoms with van der Waals surface area (Å²) in [5.41, 5.74) is 2.56. The first kappa shape index (κ1) is 16.8. The zero-order valence-electron chi connectivity index (χ0n) is 14.4. The maximum Gasteiger partial charge on any atom is 0.164 e. The van der Waals surface area contributed by atoms with Gasteiger partial charge in [-0.25, -0.2) is 0 Å². The minimum atomic E-state index is 0.107. The Labute approximate surface area is 143 Å². The summed E-state index contributed by atoms with van der Waals surface area (Å²) in [4.78, 5) is 15.2. The Kier molecular flexibility index (Phi) is 5.36. The quantitative estimate of drug-likeness (QED) is 0.818. The van der Waals surface area contributed by atoms with Gasteiger partial charge in [-0.15, -0.1) is 0 Å². The minimum absolute atomic E-state index is 0.107. The highest BCUT2D eigenvalue weighted by atomic mass is 16.3. The lowest BCUT2D eigenvalue weighted by molar-refractivity contribution is 0.0959. The Morgan fingerprint density at radius 2 is 1.96 bits per heavy atom. The molecular formula is C20H26N2O2. The van der Waals surface area contributed by atoms with Crippen LogP contribution in [0.25, 0.3) is 11.3 Å². The van der Waals surface area contributed by atoms with Gasteiger partial charge in [-0.2, -0.15) is 0 Å². The Bertz CT molecular complexity index is 699. The summed E-state index contributed by atoms with van der Waals surface area (Å²) in [5.74, 6) is 0.255. The van der Waals surface area contributed by atoms with Crippen LogP contribution in [0.15, 0.2) is 36.5 Å². The number of aromatic hydroxyl groups is 1. The van der Waals surface area contributed by atoms with Crippen molar-refractivity contribution in [2.24, 2.45) is 0 Å². The van der Waals surface area contributed by atoms with Crippen molar-refractivity contribution in [2.45, 2.75) is 39.2 Å². The molecule has 4 nitrogen and oxygen atoms in total. The Balaban J connectivity index is 1.81. The predicted octanol–water partition coefficient (Wildman–Crippen LogP) is 3.94. The third kappa shape index (κ3) is 3.70. The molecule has 0 atom stereocenters. The van der Waals surface area contributed by atoms with E-state index in [1.54, 1.807) is 12.1 Å². The molecule has 2 heterocycles. The highest BCUT2D eigenvalue weighted by molar-refractivity contribution is 6.02. The number of Topliss-reactive ketones (excluding diaryl/α,β-unsaturated/α-hetero) is 1. The largest absolute Gasteiger partial charge is 0.508 e. The van der Waals surface area contributed by atoms with Crippen molar-refractivity contribution in [3.8, 4) is 17.0 Å². The summed E-state index contributed by atoms with van der Waals surface area (Å²) in [5, 5.41) is 9.86. The first-order valence-electron chi connectivity index (χ1n) is 8.93. The number of phenols is 1. The zero-order valence-corrected chi connectivity index (χ0v) is 14.4. The lowest BCUT2D eigenvalue weighted by atomic mass is 9.98. The molecule has 0 spiro atoms. The number of aryl methyl sites for hydroxylation is 1. The number of rotatable bonds is 6. The molecule has 128 valence electrons. The number of phenolic OH excluding ortho intramolecular Hbond substituents is 1. The van der Waals surface area contributed by atoms with Crippen molar-refractivity contribution in [1.82, 2.24) is 9.47 Å². The summed E-state index contributed by atoms with van der Waals surface area (Å²) >= 11 is 0. The van der Waals surface area contributed by atoms with Crippen LogP contribution in [-0.2, 0) is 6.54 Å². The second-order valence-electron chi connectivity index (χ2n) is 6.48. The number of ketones is 1. The summed E-state index contributed by atoms with van der Waals surface area (Å²) < 4.78 is 2.12. The molecule has 0 saturated carbocycles. The van der Waals surface area contributed by atoms with Crippen molar-refractivity contribution in [3.05, 3.63) is 42.1 Å². The SMILES string of the molecule is CCn1cccc1-c1ccc(O)cc1C(=O)CCN1CCCCC1. The number of hydrogen-bond acceptors (Lipinski definition) is 3. The molecule has 1 aliphatic rings. The first-order chi connectivity index (χ1) is 11.7. The summed E-state index contributed by atoms with van der Waals surface area (Å²) in [7, 11) is 0. The minimum Gasteiger partial charge on any atom is -0.508 e. The Morgan fingerprint density at radius 1 is 1.17 bits per heavy atom. The normalized spacial score (nSPS) is 15.5. The molecule has 1 N–H and O–H groups in total. The molecule has 3 rings (SSSR count). The lowest BCUT2D eigenvalue weighted by Gasteiger charge is -2.26. The molecule has 0 unspecified atom stereocenters. The number of carbonyl (C=O) groups is 1. The van der Waals surface area contributed by atoms with Crippen LogP contribution >= 0.6 is 0 Å². The monoisotopic (exact) mass is 326 g/mol. The number of likely N-dealkylation sites (tertiary alicyclic amines) is 1. The lowest BCUT2D eigenvalue weighted by Crippen LogP contribution is -2.31. The van der Waals surface area contributed by atoms with Gasteiger partial charge in [0.1, 0.15) is 5.75 Å². The number of aromatic nitrogens is 1. The van der Waals surface area contributed by atoms with E-state index >= 15 is 0 Å². The van der Waals surface area contributed by atoms with Gasteiger partial charge in [0.15, 0.2) is 5.78 Å². The summed E-state index contributed by atoms with van der Waals surface area (Å²) in [6.45, 7) is 5.94. The molecule has 1 aromatic heterocycles. The van der Waals surface area contributed by atoms with Crippen molar-refractivity contribution in [1.29, 1.82) is 0 Å². The van der Waals surface area contributed by atoms with Gasteiger partial charge < -0.3 is 14.6 Å². The molecule has 0 bridgehead atoms. The van der Waals surface area contributed by atoms with Crippen molar-refractivity contribution < 1.29 is 9.90 Å². The highest BCUT2D eigenvalue weighted by Gasteiger charge is 2.18. The van der Waals surface area contributed by atoms with E-state index in [0.717, 1.165) is 37.4 Å². The van der Waals surface area contributed by atoms with Crippen LogP contribution in [0.2, 0.25) is 0 Å². The van der Waals surface area contributed by atoms with E-state index in [2.05, 4.69) is 16.4 Å². The molecule has 0 amide bonds. The average molecular weight is 326 g/mol. The van der Waals surface area contributed by atoms with Gasteiger partial charge >= 0.3 is 0 Å². The third-order valence-electron chi connectivity index (χ3n) is 4.85. The van der Waals surface area contributed by atoms with E-state index in [9.17, 15) is 9.90 Å². The van der Waals surface area contributed by atoms with Gasteiger partial charge in [-0.05, 0) is 63.2 Å². The van der Waals surface area contributed by atoms with E-state index < -0.39 is 0 Å². The molecular weight excluding hydrogens is 300 g/mol. The number of benzene rings is 1. The molecule has 0 aliphatic carbocycles. The van der Waals surface area contributed by atoms with Crippen LogP contribution in [0.3, 0.4) is 0 Å². The fourth-order valence-corrected chi connectivity index (χ4v) is 3.50. The highest BCUT2D eigenvalue weighted by Crippen LogP contribution is 2.28. The molecule has 2 aromatic rings. The molecule has 1 fully saturated rings. The van der Waals surface area contributed by atoms with Gasteiger partial charge in [0.05, 0.1) is 0 Å².